The Hall–Kier alpha value is -4.45. The lowest BCUT2D eigenvalue weighted by atomic mass is 10.1. The van der Waals surface area contributed by atoms with E-state index in [1.165, 1.54) is 18.3 Å². The number of pyridine rings is 2. The second-order valence-corrected chi connectivity index (χ2v) is 8.31. The first-order valence-corrected chi connectivity index (χ1v) is 11.3. The molecule has 1 N–H and O–H groups in total. The van der Waals surface area contributed by atoms with E-state index in [4.69, 9.17) is 4.74 Å². The molecule has 11 nitrogen and oxygen atoms in total. The van der Waals surface area contributed by atoms with Crippen molar-refractivity contribution in [3.63, 3.8) is 0 Å². The number of nitro benzene ring substituents is 1. The quantitative estimate of drug-likeness (QED) is 0.234. The summed E-state index contributed by atoms with van der Waals surface area (Å²) in [4.78, 5) is 56.7. The Morgan fingerprint density at radius 1 is 1.23 bits per heavy atom. The Kier molecular flexibility index (Phi) is 6.64. The van der Waals surface area contributed by atoms with Crippen LogP contribution in [0.1, 0.15) is 23.0 Å². The van der Waals surface area contributed by atoms with E-state index in [-0.39, 0.29) is 21.8 Å². The van der Waals surface area contributed by atoms with Gasteiger partial charge < -0.3 is 9.30 Å². The second kappa shape index (κ2) is 9.81. The molecule has 0 unspecified atom stereocenters. The minimum absolute atomic E-state index is 0.0743. The van der Waals surface area contributed by atoms with Crippen molar-refractivity contribution in [1.29, 1.82) is 0 Å². The Bertz CT molecular complexity index is 1530. The number of esters is 1. The van der Waals surface area contributed by atoms with Crippen LogP contribution in [-0.4, -0.2) is 37.9 Å². The number of aromatic nitrogens is 3. The maximum Gasteiger partial charge on any atom is 0.344 e. The number of benzene rings is 1. The fourth-order valence-corrected chi connectivity index (χ4v) is 4.09. The highest BCUT2D eigenvalue weighted by Gasteiger charge is 2.19. The van der Waals surface area contributed by atoms with Crippen LogP contribution in [0.4, 0.5) is 10.8 Å². The number of carbonyl (C=O) groups is 2. The van der Waals surface area contributed by atoms with Crippen LogP contribution in [0.5, 0.6) is 0 Å². The number of anilines is 1. The number of hydrogen-bond acceptors (Lipinski definition) is 9. The first-order chi connectivity index (χ1) is 16.8. The summed E-state index contributed by atoms with van der Waals surface area (Å²) in [6, 6.07) is 9.25. The smallest absolute Gasteiger partial charge is 0.344 e. The van der Waals surface area contributed by atoms with Gasteiger partial charge in [-0.2, -0.15) is 0 Å². The molecule has 0 spiro atoms. The van der Waals surface area contributed by atoms with E-state index in [1.807, 2.05) is 6.92 Å². The van der Waals surface area contributed by atoms with Crippen LogP contribution in [0.15, 0.2) is 52.8 Å². The van der Waals surface area contributed by atoms with Crippen LogP contribution in [0.2, 0.25) is 0 Å². The summed E-state index contributed by atoms with van der Waals surface area (Å²) < 4.78 is 6.74. The van der Waals surface area contributed by atoms with Crippen LogP contribution < -0.4 is 10.7 Å². The van der Waals surface area contributed by atoms with Gasteiger partial charge in [0.1, 0.15) is 11.2 Å². The van der Waals surface area contributed by atoms with Gasteiger partial charge in [0.25, 0.3) is 11.6 Å². The molecule has 0 aliphatic carbocycles. The third-order valence-corrected chi connectivity index (χ3v) is 5.82. The van der Waals surface area contributed by atoms with Crippen molar-refractivity contribution < 1.29 is 19.2 Å². The normalized spacial score (nSPS) is 10.8. The van der Waals surface area contributed by atoms with Gasteiger partial charge in [-0.25, -0.2) is 14.8 Å². The highest BCUT2D eigenvalue weighted by molar-refractivity contribution is 7.14. The highest BCUT2D eigenvalue weighted by atomic mass is 32.1. The SMILES string of the molecule is CCn1cc(C(=O)OCC(=O)Nc2nc(-c3cccc([N+](=O)[O-])c3)cs2)c(=O)c2ccc(C)nc21. The topological polar surface area (TPSA) is 146 Å². The molecule has 0 saturated carbocycles. The summed E-state index contributed by atoms with van der Waals surface area (Å²) in [5.74, 6) is -1.57. The molecule has 1 aromatic carbocycles. The molecular formula is C23H19N5O6S. The first kappa shape index (κ1) is 23.7. The third-order valence-electron chi connectivity index (χ3n) is 5.06. The van der Waals surface area contributed by atoms with Gasteiger partial charge in [0.05, 0.1) is 16.0 Å². The summed E-state index contributed by atoms with van der Waals surface area (Å²) in [6.45, 7) is 3.51. The van der Waals surface area contributed by atoms with Crippen LogP contribution in [0.3, 0.4) is 0 Å². The molecule has 35 heavy (non-hydrogen) atoms. The maximum absolute atomic E-state index is 12.8. The monoisotopic (exact) mass is 493 g/mol. The van der Waals surface area contributed by atoms with Crippen molar-refractivity contribution in [2.24, 2.45) is 0 Å². The molecular weight excluding hydrogens is 474 g/mol. The first-order valence-electron chi connectivity index (χ1n) is 10.4. The maximum atomic E-state index is 12.8. The highest BCUT2D eigenvalue weighted by Crippen LogP contribution is 2.27. The predicted molar refractivity (Wildman–Crippen MR) is 130 cm³/mol. The molecule has 12 heteroatoms. The molecule has 4 aromatic rings. The van der Waals surface area contributed by atoms with E-state index in [0.717, 1.165) is 17.0 Å². The van der Waals surface area contributed by atoms with E-state index < -0.39 is 28.8 Å². The molecule has 0 radical (unpaired) electrons. The van der Waals surface area contributed by atoms with Gasteiger partial charge in [-0.3, -0.25) is 25.0 Å². The van der Waals surface area contributed by atoms with Crippen molar-refractivity contribution in [2.75, 3.05) is 11.9 Å². The Morgan fingerprint density at radius 3 is 2.77 bits per heavy atom. The van der Waals surface area contributed by atoms with Gasteiger partial charge in [0, 0.05) is 41.5 Å². The fraction of sp³-hybridized carbons (Fsp3) is 0.174. The number of aryl methyl sites for hydroxylation is 2. The van der Waals surface area contributed by atoms with E-state index in [9.17, 15) is 24.5 Å². The van der Waals surface area contributed by atoms with E-state index in [0.29, 0.717) is 23.4 Å². The number of nitro groups is 1. The average Bonchev–Trinajstić information content (AvgIpc) is 3.31. The van der Waals surface area contributed by atoms with Gasteiger partial charge in [0.15, 0.2) is 11.7 Å². The molecule has 0 fully saturated rings. The van der Waals surface area contributed by atoms with Crippen LogP contribution in [0, 0.1) is 17.0 Å². The van der Waals surface area contributed by atoms with Crippen LogP contribution in [0.25, 0.3) is 22.3 Å². The lowest BCUT2D eigenvalue weighted by molar-refractivity contribution is -0.384. The van der Waals surface area contributed by atoms with Crippen molar-refractivity contribution in [3.05, 3.63) is 79.6 Å². The second-order valence-electron chi connectivity index (χ2n) is 7.45. The molecule has 4 rings (SSSR count). The minimum Gasteiger partial charge on any atom is -0.452 e. The van der Waals surface area contributed by atoms with Gasteiger partial charge in [-0.05, 0) is 26.0 Å². The molecule has 0 bridgehead atoms. The van der Waals surface area contributed by atoms with Gasteiger partial charge in [-0.1, -0.05) is 12.1 Å². The number of fused-ring (bicyclic) bond motifs is 1. The number of non-ortho nitro benzene ring substituents is 1. The number of amides is 1. The molecule has 0 atom stereocenters. The molecule has 0 aliphatic rings. The number of nitrogens with one attached hydrogen (secondary N) is 1. The number of hydrogen-bond donors (Lipinski definition) is 1. The molecule has 1 amide bonds. The predicted octanol–water partition coefficient (Wildman–Crippen LogP) is 3.55. The van der Waals surface area contributed by atoms with Gasteiger partial charge >= 0.3 is 5.97 Å². The Morgan fingerprint density at radius 2 is 2.03 bits per heavy atom. The Labute approximate surface area is 202 Å². The summed E-state index contributed by atoms with van der Waals surface area (Å²) in [7, 11) is 0. The van der Waals surface area contributed by atoms with Crippen LogP contribution in [-0.2, 0) is 16.1 Å². The van der Waals surface area contributed by atoms with Crippen molar-refractivity contribution in [1.82, 2.24) is 14.5 Å². The molecule has 3 aromatic heterocycles. The lowest BCUT2D eigenvalue weighted by Gasteiger charge is -2.11. The van der Waals surface area contributed by atoms with E-state index in [1.54, 1.807) is 41.1 Å². The summed E-state index contributed by atoms with van der Waals surface area (Å²) >= 11 is 1.11. The van der Waals surface area contributed by atoms with E-state index in [2.05, 4.69) is 15.3 Å². The number of nitrogens with zero attached hydrogens (tertiary/aromatic N) is 4. The lowest BCUT2D eigenvalue weighted by Crippen LogP contribution is -2.25. The zero-order valence-electron chi connectivity index (χ0n) is 18.7. The van der Waals surface area contributed by atoms with Gasteiger partial charge in [0.2, 0.25) is 5.43 Å². The van der Waals surface area contributed by atoms with Crippen LogP contribution >= 0.6 is 11.3 Å². The summed E-state index contributed by atoms with van der Waals surface area (Å²) in [5.41, 5.74) is 1.39. The number of rotatable bonds is 7. The molecule has 0 aliphatic heterocycles. The summed E-state index contributed by atoms with van der Waals surface area (Å²) in [6.07, 6.45) is 1.38. The molecule has 0 saturated heterocycles. The zero-order chi connectivity index (χ0) is 25.1. The molecule has 3 heterocycles. The number of ether oxygens (including phenoxy) is 1. The van der Waals surface area contributed by atoms with Gasteiger partial charge in [-0.15, -0.1) is 11.3 Å². The largest absolute Gasteiger partial charge is 0.452 e. The zero-order valence-corrected chi connectivity index (χ0v) is 19.5. The minimum atomic E-state index is -0.925. The van der Waals surface area contributed by atoms with E-state index >= 15 is 0 Å². The Balaban J connectivity index is 1.44. The standard InChI is InChI=1S/C23H19N5O6S/c1-3-27-10-17(20(30)16-8-7-13(2)24-21(16)27)22(31)34-11-19(29)26-23-25-18(12-35-23)14-5-4-6-15(9-14)28(32)33/h4-10,12H,3,11H2,1-2H3,(H,25,26,29). The van der Waals surface area contributed by atoms with Crippen molar-refractivity contribution in [3.8, 4) is 11.3 Å². The fourth-order valence-electron chi connectivity index (χ4n) is 3.35. The number of carbonyl (C=O) groups excluding carboxylic acids is 2. The third kappa shape index (κ3) is 5.06. The van der Waals surface area contributed by atoms with Crippen molar-refractivity contribution >= 4 is 45.1 Å². The van der Waals surface area contributed by atoms with Crippen molar-refractivity contribution in [2.45, 2.75) is 20.4 Å². The number of thiazole rings is 1. The molecule has 178 valence electrons. The summed E-state index contributed by atoms with van der Waals surface area (Å²) in [5, 5.41) is 15.6. The average molecular weight is 494 g/mol.